The van der Waals surface area contributed by atoms with Crippen molar-refractivity contribution in [3.05, 3.63) is 29.6 Å². The van der Waals surface area contributed by atoms with E-state index in [4.69, 9.17) is 0 Å². The highest BCUT2D eigenvalue weighted by atomic mass is 32.2. The largest absolute Gasteiger partial charge is 0.351 e. The van der Waals surface area contributed by atoms with Gasteiger partial charge in [-0.05, 0) is 37.5 Å². The molecule has 18 heavy (non-hydrogen) atoms. The van der Waals surface area contributed by atoms with Gasteiger partial charge in [0, 0.05) is 24.7 Å². The number of nitrogens with zero attached hydrogens (tertiary/aromatic N) is 1. The van der Waals surface area contributed by atoms with Gasteiger partial charge in [-0.3, -0.25) is 9.78 Å². The molecule has 0 aromatic carbocycles. The van der Waals surface area contributed by atoms with E-state index in [2.05, 4.69) is 10.3 Å². The molecule has 1 saturated carbocycles. The zero-order valence-electron chi connectivity index (χ0n) is 10.4. The van der Waals surface area contributed by atoms with Crippen LogP contribution in [0.2, 0.25) is 0 Å². The van der Waals surface area contributed by atoms with Crippen LogP contribution in [-0.2, 0) is 21.2 Å². The number of aromatic nitrogens is 1. The summed E-state index contributed by atoms with van der Waals surface area (Å²) < 4.78 is 21.9. The molecule has 98 valence electrons. The molecule has 0 aliphatic heterocycles. The fourth-order valence-corrected chi connectivity index (χ4v) is 3.19. The average molecular weight is 268 g/mol. The number of amides is 1. The summed E-state index contributed by atoms with van der Waals surface area (Å²) in [4.78, 5) is 16.0. The molecule has 1 aliphatic carbocycles. The first-order chi connectivity index (χ1) is 8.35. The van der Waals surface area contributed by atoms with Gasteiger partial charge in [-0.1, -0.05) is 0 Å². The Hall–Kier alpha value is -1.43. The van der Waals surface area contributed by atoms with Crippen LogP contribution in [0.15, 0.2) is 18.3 Å². The summed E-state index contributed by atoms with van der Waals surface area (Å²) in [5, 5.41) is 2.69. The normalized spacial score (nSPS) is 17.2. The number of carbonyl (C=O) groups excluding carboxylic acids is 1. The van der Waals surface area contributed by atoms with Gasteiger partial charge in [0.15, 0.2) is 14.6 Å². The number of nitrogens with one attached hydrogen (secondary N) is 1. The Balaban J connectivity index is 2.02. The lowest BCUT2D eigenvalue weighted by atomic mass is 10.2. The van der Waals surface area contributed by atoms with Crippen molar-refractivity contribution in [2.45, 2.75) is 31.1 Å². The number of hydrogen-bond donors (Lipinski definition) is 1. The van der Waals surface area contributed by atoms with Crippen LogP contribution in [-0.4, -0.2) is 30.3 Å². The van der Waals surface area contributed by atoms with Crippen molar-refractivity contribution in [1.29, 1.82) is 0 Å². The summed E-state index contributed by atoms with van der Waals surface area (Å²) in [5.41, 5.74) is 1.78. The Morgan fingerprint density at radius 1 is 1.50 bits per heavy atom. The molecule has 5 nitrogen and oxygen atoms in total. The monoisotopic (exact) mass is 268 g/mol. The van der Waals surface area contributed by atoms with Gasteiger partial charge >= 0.3 is 0 Å². The third kappa shape index (κ3) is 2.38. The first-order valence-corrected chi connectivity index (χ1v) is 7.64. The number of rotatable bonds is 4. The standard InChI is InChI=1S/C12H16N2O3S/c1-9-7-10(3-6-13-9)8-14-11(15)12(4-5-12)18(2,16)17/h3,6-7H,4-5,8H2,1-2H3,(H,14,15). The van der Waals surface area contributed by atoms with Crippen LogP contribution in [0.3, 0.4) is 0 Å². The van der Waals surface area contributed by atoms with Crippen LogP contribution in [0.5, 0.6) is 0 Å². The van der Waals surface area contributed by atoms with E-state index < -0.39 is 14.6 Å². The van der Waals surface area contributed by atoms with E-state index in [9.17, 15) is 13.2 Å². The van der Waals surface area contributed by atoms with Gasteiger partial charge in [0.25, 0.3) is 0 Å². The summed E-state index contributed by atoms with van der Waals surface area (Å²) in [6.07, 6.45) is 3.64. The van der Waals surface area contributed by atoms with Crippen molar-refractivity contribution in [2.24, 2.45) is 0 Å². The Morgan fingerprint density at radius 2 is 2.17 bits per heavy atom. The number of carbonyl (C=O) groups is 1. The van der Waals surface area contributed by atoms with Crippen molar-refractivity contribution < 1.29 is 13.2 Å². The first-order valence-electron chi connectivity index (χ1n) is 5.75. The second kappa shape index (κ2) is 4.35. The molecule has 1 fully saturated rings. The minimum atomic E-state index is -3.33. The average Bonchev–Trinajstić information content (AvgIpc) is 3.06. The van der Waals surface area contributed by atoms with Gasteiger partial charge in [0.1, 0.15) is 0 Å². The maximum atomic E-state index is 11.9. The maximum absolute atomic E-state index is 11.9. The maximum Gasteiger partial charge on any atom is 0.241 e. The minimum Gasteiger partial charge on any atom is -0.351 e. The molecule has 1 heterocycles. The predicted octanol–water partition coefficient (Wildman–Crippen LogP) is 0.583. The lowest BCUT2D eigenvalue weighted by molar-refractivity contribution is -0.121. The van der Waals surface area contributed by atoms with E-state index in [1.165, 1.54) is 0 Å². The third-order valence-corrected chi connectivity index (χ3v) is 5.26. The topological polar surface area (TPSA) is 76.1 Å². The number of aryl methyl sites for hydroxylation is 1. The zero-order valence-corrected chi connectivity index (χ0v) is 11.3. The van der Waals surface area contributed by atoms with Crippen molar-refractivity contribution in [2.75, 3.05) is 6.26 Å². The van der Waals surface area contributed by atoms with Gasteiger partial charge in [-0.15, -0.1) is 0 Å². The number of hydrogen-bond acceptors (Lipinski definition) is 4. The molecule has 0 radical (unpaired) electrons. The molecule has 6 heteroatoms. The smallest absolute Gasteiger partial charge is 0.241 e. The van der Waals surface area contributed by atoms with Crippen LogP contribution >= 0.6 is 0 Å². The fourth-order valence-electron chi connectivity index (χ4n) is 1.94. The van der Waals surface area contributed by atoms with Crippen molar-refractivity contribution >= 4 is 15.7 Å². The predicted molar refractivity (Wildman–Crippen MR) is 67.6 cm³/mol. The first kappa shape index (κ1) is 13.0. The van der Waals surface area contributed by atoms with Crippen LogP contribution in [0.4, 0.5) is 0 Å². The second-order valence-electron chi connectivity index (χ2n) is 4.75. The summed E-state index contributed by atoms with van der Waals surface area (Å²) in [7, 11) is -3.33. The molecular weight excluding hydrogens is 252 g/mol. The Kier molecular flexibility index (Phi) is 3.14. The van der Waals surface area contributed by atoms with Gasteiger partial charge < -0.3 is 5.32 Å². The Morgan fingerprint density at radius 3 is 2.67 bits per heavy atom. The van der Waals surface area contributed by atoms with Crippen molar-refractivity contribution in [3.63, 3.8) is 0 Å². The molecule has 0 unspecified atom stereocenters. The summed E-state index contributed by atoms with van der Waals surface area (Å²) in [6, 6.07) is 3.66. The van der Waals surface area contributed by atoms with Crippen molar-refractivity contribution in [3.8, 4) is 0 Å². The van der Waals surface area contributed by atoms with Crippen LogP contribution in [0.25, 0.3) is 0 Å². The van der Waals surface area contributed by atoms with Gasteiger partial charge in [-0.2, -0.15) is 0 Å². The molecule has 0 spiro atoms. The van der Waals surface area contributed by atoms with E-state index in [1.807, 2.05) is 13.0 Å². The van der Waals surface area contributed by atoms with Gasteiger partial charge in [-0.25, -0.2) is 8.42 Å². The molecule has 2 rings (SSSR count). The van der Waals surface area contributed by atoms with E-state index in [0.717, 1.165) is 17.5 Å². The third-order valence-electron chi connectivity index (χ3n) is 3.24. The minimum absolute atomic E-state index is 0.333. The Bertz CT molecular complexity index is 577. The molecule has 1 aliphatic rings. The molecule has 1 amide bonds. The zero-order chi connectivity index (χ0) is 13.4. The van der Waals surface area contributed by atoms with E-state index in [0.29, 0.717) is 19.4 Å². The highest BCUT2D eigenvalue weighted by molar-refractivity contribution is 7.93. The number of pyridine rings is 1. The fraction of sp³-hybridized carbons (Fsp3) is 0.500. The van der Waals surface area contributed by atoms with Gasteiger partial charge in [0.05, 0.1) is 0 Å². The SMILES string of the molecule is Cc1cc(CNC(=O)C2(S(C)(=O)=O)CC2)ccn1. The molecule has 1 aromatic heterocycles. The highest BCUT2D eigenvalue weighted by Gasteiger charge is 2.58. The Labute approximate surface area is 107 Å². The molecule has 0 atom stereocenters. The van der Waals surface area contributed by atoms with E-state index >= 15 is 0 Å². The molecule has 0 bridgehead atoms. The van der Waals surface area contributed by atoms with Crippen LogP contribution in [0.1, 0.15) is 24.1 Å². The quantitative estimate of drug-likeness (QED) is 0.867. The van der Waals surface area contributed by atoms with Crippen LogP contribution in [0, 0.1) is 6.92 Å². The van der Waals surface area contributed by atoms with E-state index in [-0.39, 0.29) is 5.91 Å². The molecule has 1 aromatic rings. The lowest BCUT2D eigenvalue weighted by Gasteiger charge is -2.13. The summed E-state index contributed by atoms with van der Waals surface area (Å²) >= 11 is 0. The summed E-state index contributed by atoms with van der Waals surface area (Å²) in [5.74, 6) is -0.389. The molecule has 1 N–H and O–H groups in total. The lowest BCUT2D eigenvalue weighted by Crippen LogP contribution is -2.41. The van der Waals surface area contributed by atoms with Crippen molar-refractivity contribution in [1.82, 2.24) is 10.3 Å². The summed E-state index contributed by atoms with van der Waals surface area (Å²) in [6.45, 7) is 2.20. The highest BCUT2D eigenvalue weighted by Crippen LogP contribution is 2.43. The number of sulfone groups is 1. The molecule has 0 saturated heterocycles. The second-order valence-corrected chi connectivity index (χ2v) is 7.08. The van der Waals surface area contributed by atoms with Crippen LogP contribution < -0.4 is 5.32 Å². The molecular formula is C12H16N2O3S. The van der Waals surface area contributed by atoms with Gasteiger partial charge in [0.2, 0.25) is 5.91 Å². The van der Waals surface area contributed by atoms with E-state index in [1.54, 1.807) is 12.3 Å².